The van der Waals surface area contributed by atoms with Gasteiger partial charge < -0.3 is 15.1 Å². The molecule has 1 N–H and O–H groups in total. The predicted molar refractivity (Wildman–Crippen MR) is 113 cm³/mol. The number of aryl methyl sites for hydroxylation is 1. The number of guanidine groups is 1. The van der Waals surface area contributed by atoms with Crippen LogP contribution in [0.25, 0.3) is 0 Å². The number of rotatable bonds is 5. The molecule has 0 aliphatic carbocycles. The third kappa shape index (κ3) is 5.56. The molecular formula is C17H30IN5S. The van der Waals surface area contributed by atoms with Crippen molar-refractivity contribution in [1.29, 1.82) is 0 Å². The molecule has 1 unspecified atom stereocenters. The summed E-state index contributed by atoms with van der Waals surface area (Å²) in [6.45, 7) is 9.17. The van der Waals surface area contributed by atoms with E-state index in [9.17, 15) is 0 Å². The number of halogens is 1. The fourth-order valence-electron chi connectivity index (χ4n) is 3.63. The molecule has 136 valence electrons. The Bertz CT molecular complexity index is 527. The lowest BCUT2D eigenvalue weighted by Crippen LogP contribution is -2.41. The minimum Gasteiger partial charge on any atom is -0.356 e. The third-order valence-electron chi connectivity index (χ3n) is 4.80. The van der Waals surface area contributed by atoms with Crippen LogP contribution in [0.2, 0.25) is 0 Å². The van der Waals surface area contributed by atoms with Gasteiger partial charge >= 0.3 is 0 Å². The van der Waals surface area contributed by atoms with E-state index in [1.165, 1.54) is 48.8 Å². The summed E-state index contributed by atoms with van der Waals surface area (Å²) in [4.78, 5) is 15.2. The highest BCUT2D eigenvalue weighted by atomic mass is 127. The molecule has 3 rings (SSSR count). The van der Waals surface area contributed by atoms with Crippen molar-refractivity contribution in [2.75, 3.05) is 46.3 Å². The maximum atomic E-state index is 4.47. The number of likely N-dealkylation sites (tertiary alicyclic amines) is 2. The average molecular weight is 463 g/mol. The van der Waals surface area contributed by atoms with Gasteiger partial charge in [-0.05, 0) is 45.2 Å². The second kappa shape index (κ2) is 9.91. The van der Waals surface area contributed by atoms with Crippen LogP contribution in [0.3, 0.4) is 0 Å². The first kappa shape index (κ1) is 19.9. The van der Waals surface area contributed by atoms with Gasteiger partial charge in [0, 0.05) is 50.7 Å². The topological polar surface area (TPSA) is 43.8 Å². The van der Waals surface area contributed by atoms with Crippen LogP contribution in [0.15, 0.2) is 11.2 Å². The number of aromatic nitrogens is 1. The number of hydrogen-bond acceptors (Lipinski definition) is 4. The molecule has 3 heterocycles. The van der Waals surface area contributed by atoms with Crippen LogP contribution in [-0.2, 0) is 6.42 Å². The second-order valence-corrected chi connectivity index (χ2v) is 8.02. The summed E-state index contributed by atoms with van der Waals surface area (Å²) >= 11 is 1.79. The zero-order valence-corrected chi connectivity index (χ0v) is 18.0. The number of nitrogens with one attached hydrogen (secondary N) is 1. The van der Waals surface area contributed by atoms with Crippen LogP contribution in [0.5, 0.6) is 0 Å². The smallest absolute Gasteiger partial charge is 0.193 e. The van der Waals surface area contributed by atoms with E-state index in [1.54, 1.807) is 11.3 Å². The third-order valence-corrected chi connectivity index (χ3v) is 5.78. The molecule has 1 aromatic rings. The molecule has 2 saturated heterocycles. The van der Waals surface area contributed by atoms with Crippen molar-refractivity contribution in [3.05, 3.63) is 16.1 Å². The van der Waals surface area contributed by atoms with Crippen molar-refractivity contribution in [3.63, 3.8) is 0 Å². The minimum absolute atomic E-state index is 0. The van der Waals surface area contributed by atoms with E-state index in [-0.39, 0.29) is 24.0 Å². The molecular weight excluding hydrogens is 433 g/mol. The van der Waals surface area contributed by atoms with Crippen molar-refractivity contribution in [1.82, 2.24) is 20.1 Å². The Morgan fingerprint density at radius 3 is 2.83 bits per heavy atom. The Hall–Kier alpha value is -0.410. The van der Waals surface area contributed by atoms with E-state index in [0.717, 1.165) is 37.9 Å². The summed E-state index contributed by atoms with van der Waals surface area (Å²) < 4.78 is 0. The molecule has 2 fully saturated rings. The van der Waals surface area contributed by atoms with Crippen LogP contribution in [0, 0.1) is 12.8 Å². The van der Waals surface area contributed by atoms with Gasteiger partial charge in [0.1, 0.15) is 0 Å². The Kier molecular flexibility index (Phi) is 8.22. The lowest BCUT2D eigenvalue weighted by Gasteiger charge is -2.23. The van der Waals surface area contributed by atoms with Gasteiger partial charge in [-0.25, -0.2) is 4.98 Å². The molecule has 0 radical (unpaired) electrons. The zero-order valence-electron chi connectivity index (χ0n) is 14.8. The molecule has 0 bridgehead atoms. The Labute approximate surface area is 166 Å². The molecule has 0 amide bonds. The number of hydrogen-bond donors (Lipinski definition) is 1. The SMILES string of the molecule is CN=C(NCCc1ncc(C)s1)N1CCC(CN2CCCC2)C1.I. The van der Waals surface area contributed by atoms with Gasteiger partial charge in [0.25, 0.3) is 0 Å². The fraction of sp³-hybridized carbons (Fsp3) is 0.765. The highest BCUT2D eigenvalue weighted by molar-refractivity contribution is 14.0. The molecule has 2 aliphatic heterocycles. The first-order valence-corrected chi connectivity index (χ1v) is 9.65. The maximum absolute atomic E-state index is 4.47. The van der Waals surface area contributed by atoms with Crippen molar-refractivity contribution >= 4 is 41.3 Å². The first-order chi connectivity index (χ1) is 11.2. The largest absolute Gasteiger partial charge is 0.356 e. The molecule has 1 aromatic heterocycles. The Balaban J connectivity index is 0.00000208. The van der Waals surface area contributed by atoms with Crippen molar-refractivity contribution in [2.45, 2.75) is 32.6 Å². The summed E-state index contributed by atoms with van der Waals surface area (Å²) in [6.07, 6.45) is 7.00. The average Bonchev–Trinajstić information content (AvgIpc) is 3.27. The summed E-state index contributed by atoms with van der Waals surface area (Å²) in [5.74, 6) is 1.86. The number of aliphatic imine (C=N–C) groups is 1. The van der Waals surface area contributed by atoms with Gasteiger partial charge in [-0.15, -0.1) is 35.3 Å². The molecule has 24 heavy (non-hydrogen) atoms. The van der Waals surface area contributed by atoms with E-state index in [0.29, 0.717) is 0 Å². The Morgan fingerprint density at radius 2 is 2.17 bits per heavy atom. The fourth-order valence-corrected chi connectivity index (χ4v) is 4.42. The highest BCUT2D eigenvalue weighted by Gasteiger charge is 2.27. The second-order valence-electron chi connectivity index (χ2n) is 6.70. The van der Waals surface area contributed by atoms with E-state index in [4.69, 9.17) is 0 Å². The van der Waals surface area contributed by atoms with E-state index < -0.39 is 0 Å². The Morgan fingerprint density at radius 1 is 1.38 bits per heavy atom. The van der Waals surface area contributed by atoms with Gasteiger partial charge in [-0.1, -0.05) is 0 Å². The lowest BCUT2D eigenvalue weighted by molar-refractivity contribution is 0.281. The highest BCUT2D eigenvalue weighted by Crippen LogP contribution is 2.20. The first-order valence-electron chi connectivity index (χ1n) is 8.84. The molecule has 5 nitrogen and oxygen atoms in total. The normalized spacial score (nSPS) is 22.0. The maximum Gasteiger partial charge on any atom is 0.193 e. The lowest BCUT2D eigenvalue weighted by atomic mass is 10.1. The van der Waals surface area contributed by atoms with E-state index >= 15 is 0 Å². The monoisotopic (exact) mass is 463 g/mol. The van der Waals surface area contributed by atoms with Gasteiger partial charge in [-0.3, -0.25) is 4.99 Å². The number of thiazole rings is 1. The molecule has 0 spiro atoms. The van der Waals surface area contributed by atoms with Crippen LogP contribution < -0.4 is 5.32 Å². The van der Waals surface area contributed by atoms with Crippen molar-refractivity contribution < 1.29 is 0 Å². The molecule has 0 aromatic carbocycles. The van der Waals surface area contributed by atoms with Crippen LogP contribution in [0.4, 0.5) is 0 Å². The van der Waals surface area contributed by atoms with E-state index in [1.807, 2.05) is 13.2 Å². The van der Waals surface area contributed by atoms with Crippen LogP contribution >= 0.6 is 35.3 Å². The van der Waals surface area contributed by atoms with Crippen molar-refractivity contribution in [3.8, 4) is 0 Å². The summed E-state index contributed by atoms with van der Waals surface area (Å²) in [6, 6.07) is 0. The molecule has 7 heteroatoms. The predicted octanol–water partition coefficient (Wildman–Crippen LogP) is 2.61. The summed E-state index contributed by atoms with van der Waals surface area (Å²) in [5.41, 5.74) is 0. The quantitative estimate of drug-likeness (QED) is 0.414. The molecule has 1 atom stereocenters. The van der Waals surface area contributed by atoms with Gasteiger partial charge in [0.15, 0.2) is 5.96 Å². The van der Waals surface area contributed by atoms with Crippen LogP contribution in [0.1, 0.15) is 29.1 Å². The molecule has 0 saturated carbocycles. The standard InChI is InChI=1S/C17H29N5S.HI/c1-14-11-20-16(23-14)5-7-19-17(18-2)22-10-6-15(13-22)12-21-8-3-4-9-21;/h11,15H,3-10,12-13H2,1-2H3,(H,18,19);1H. The van der Waals surface area contributed by atoms with Gasteiger partial charge in [0.05, 0.1) is 5.01 Å². The zero-order chi connectivity index (χ0) is 16.1. The van der Waals surface area contributed by atoms with Crippen molar-refractivity contribution in [2.24, 2.45) is 10.9 Å². The molecule has 2 aliphatic rings. The van der Waals surface area contributed by atoms with E-state index in [2.05, 4.69) is 32.0 Å². The van der Waals surface area contributed by atoms with Gasteiger partial charge in [0.2, 0.25) is 0 Å². The minimum atomic E-state index is 0. The van der Waals surface area contributed by atoms with Crippen LogP contribution in [-0.4, -0.2) is 67.1 Å². The summed E-state index contributed by atoms with van der Waals surface area (Å²) in [5, 5.41) is 4.72. The number of nitrogens with zero attached hydrogens (tertiary/aromatic N) is 4. The van der Waals surface area contributed by atoms with Gasteiger partial charge in [-0.2, -0.15) is 0 Å². The summed E-state index contributed by atoms with van der Waals surface area (Å²) in [7, 11) is 1.89.